The number of halogens is 1. The zero-order valence-electron chi connectivity index (χ0n) is 8.36. The third-order valence-corrected chi connectivity index (χ3v) is 3.35. The van der Waals surface area contributed by atoms with Gasteiger partial charge in [0.2, 0.25) is 5.91 Å². The number of likely N-dealkylation sites (tertiary alicyclic amines) is 1. The molecule has 0 bridgehead atoms. The Labute approximate surface area is 87.1 Å². The molecule has 2 aliphatic rings. The molecule has 0 radical (unpaired) electrons. The third kappa shape index (κ3) is 1.82. The number of alkyl halides is 1. The van der Waals surface area contributed by atoms with Crippen molar-refractivity contribution in [1.29, 1.82) is 0 Å². The zero-order chi connectivity index (χ0) is 11.0. The first-order valence-corrected chi connectivity index (χ1v) is 5.25. The van der Waals surface area contributed by atoms with Crippen LogP contribution >= 0.6 is 0 Å². The number of hydrogen-bond acceptors (Lipinski definition) is 2. The maximum atomic E-state index is 12.9. The Morgan fingerprint density at radius 3 is 2.27 bits per heavy atom. The van der Waals surface area contributed by atoms with Gasteiger partial charge in [-0.3, -0.25) is 9.59 Å². The molecule has 1 saturated heterocycles. The number of carbonyl (C=O) groups is 2. The van der Waals surface area contributed by atoms with Crippen LogP contribution in [0.4, 0.5) is 4.39 Å². The lowest BCUT2D eigenvalue weighted by atomic mass is 9.73. The minimum absolute atomic E-state index is 0.141. The van der Waals surface area contributed by atoms with Crippen LogP contribution in [0.5, 0.6) is 0 Å². The van der Waals surface area contributed by atoms with Crippen molar-refractivity contribution in [1.82, 2.24) is 4.90 Å². The molecule has 0 aromatic rings. The van der Waals surface area contributed by atoms with E-state index in [1.54, 1.807) is 0 Å². The summed E-state index contributed by atoms with van der Waals surface area (Å²) in [5.41, 5.74) is 0. The van der Waals surface area contributed by atoms with Gasteiger partial charge in [0.1, 0.15) is 6.17 Å². The Hall–Kier alpha value is -1.13. The molecule has 1 N–H and O–H groups in total. The Kier molecular flexibility index (Phi) is 2.63. The van der Waals surface area contributed by atoms with Gasteiger partial charge in [0.15, 0.2) is 0 Å². The van der Waals surface area contributed by atoms with Crippen LogP contribution in [0.1, 0.15) is 19.3 Å². The lowest BCUT2D eigenvalue weighted by molar-refractivity contribution is -0.156. The molecule has 2 fully saturated rings. The minimum atomic E-state index is -0.933. The molecule has 2 rings (SSSR count). The number of rotatable bonds is 2. The largest absolute Gasteiger partial charge is 0.481 e. The Morgan fingerprint density at radius 2 is 1.87 bits per heavy atom. The molecule has 15 heavy (non-hydrogen) atoms. The molecular weight excluding hydrogens is 201 g/mol. The van der Waals surface area contributed by atoms with Gasteiger partial charge in [-0.25, -0.2) is 4.39 Å². The zero-order valence-corrected chi connectivity index (χ0v) is 8.36. The summed E-state index contributed by atoms with van der Waals surface area (Å²) in [6.45, 7) is 0.574. The molecule has 5 heteroatoms. The van der Waals surface area contributed by atoms with Gasteiger partial charge in [0, 0.05) is 6.54 Å². The third-order valence-electron chi connectivity index (χ3n) is 3.35. The van der Waals surface area contributed by atoms with E-state index in [1.165, 1.54) is 4.90 Å². The van der Waals surface area contributed by atoms with Gasteiger partial charge in [-0.2, -0.15) is 0 Å². The van der Waals surface area contributed by atoms with Crippen LogP contribution < -0.4 is 0 Å². The highest BCUT2D eigenvalue weighted by molar-refractivity contribution is 5.86. The molecule has 0 aromatic carbocycles. The summed E-state index contributed by atoms with van der Waals surface area (Å²) in [4.78, 5) is 24.0. The van der Waals surface area contributed by atoms with Crippen LogP contribution in [0.15, 0.2) is 0 Å². The molecule has 3 atom stereocenters. The number of carboxylic acids is 1. The average molecular weight is 215 g/mol. The summed E-state index contributed by atoms with van der Waals surface area (Å²) in [6.07, 6.45) is 0.648. The van der Waals surface area contributed by atoms with Gasteiger partial charge in [-0.1, -0.05) is 0 Å². The van der Waals surface area contributed by atoms with Crippen molar-refractivity contribution in [3.8, 4) is 0 Å². The summed E-state index contributed by atoms with van der Waals surface area (Å²) in [5.74, 6) is -2.03. The van der Waals surface area contributed by atoms with Crippen molar-refractivity contribution >= 4 is 11.9 Å². The summed E-state index contributed by atoms with van der Waals surface area (Å²) >= 11 is 0. The van der Waals surface area contributed by atoms with Crippen LogP contribution in [0.25, 0.3) is 0 Å². The second kappa shape index (κ2) is 3.79. The topological polar surface area (TPSA) is 57.6 Å². The van der Waals surface area contributed by atoms with Crippen molar-refractivity contribution < 1.29 is 19.1 Å². The summed E-state index contributed by atoms with van der Waals surface area (Å²) in [6, 6.07) is 0. The number of hydrogen-bond donors (Lipinski definition) is 1. The summed E-state index contributed by atoms with van der Waals surface area (Å²) < 4.78 is 12.9. The van der Waals surface area contributed by atoms with Gasteiger partial charge in [-0.15, -0.1) is 0 Å². The van der Waals surface area contributed by atoms with Crippen molar-refractivity contribution in [2.45, 2.75) is 25.4 Å². The standard InChI is InChI=1S/C10H14FNO3/c11-6-3-4-12(5-6)9(13)7-1-2-8(7)10(14)15/h6-8H,1-5H2,(H,14,15)/t6?,7-,8+/m0/s1. The van der Waals surface area contributed by atoms with Gasteiger partial charge >= 0.3 is 5.97 Å². The normalized spacial score (nSPS) is 35.0. The first kappa shape index (κ1) is 10.4. The van der Waals surface area contributed by atoms with Crippen molar-refractivity contribution in [2.75, 3.05) is 13.1 Å². The van der Waals surface area contributed by atoms with Crippen molar-refractivity contribution in [2.24, 2.45) is 11.8 Å². The van der Waals surface area contributed by atoms with Crippen LogP contribution in [0, 0.1) is 11.8 Å². The highest BCUT2D eigenvalue weighted by Gasteiger charge is 2.44. The molecule has 1 aliphatic heterocycles. The Bertz CT molecular complexity index is 294. The highest BCUT2D eigenvalue weighted by atomic mass is 19.1. The minimum Gasteiger partial charge on any atom is -0.481 e. The molecule has 84 valence electrons. The van der Waals surface area contributed by atoms with E-state index in [2.05, 4.69) is 0 Å². The smallest absolute Gasteiger partial charge is 0.307 e. The first-order chi connectivity index (χ1) is 7.09. The predicted octanol–water partition coefficient (Wildman–Crippen LogP) is 0.668. The van der Waals surface area contributed by atoms with Gasteiger partial charge in [0.25, 0.3) is 0 Å². The number of carbonyl (C=O) groups excluding carboxylic acids is 1. The van der Waals surface area contributed by atoms with Crippen LogP contribution in [-0.2, 0) is 9.59 Å². The SMILES string of the molecule is O=C(O)[C@@H]1CC[C@@H]1C(=O)N1CCC(F)C1. The Balaban J connectivity index is 1.94. The highest BCUT2D eigenvalue weighted by Crippen LogP contribution is 2.36. The van der Waals surface area contributed by atoms with Crippen LogP contribution in [-0.4, -0.2) is 41.1 Å². The van der Waals surface area contributed by atoms with Gasteiger partial charge in [-0.05, 0) is 19.3 Å². The van der Waals surface area contributed by atoms with Gasteiger partial charge in [0.05, 0.1) is 18.4 Å². The average Bonchev–Trinajstić information content (AvgIpc) is 2.48. The summed E-state index contributed by atoms with van der Waals surface area (Å²) in [5, 5.41) is 8.80. The molecule has 1 heterocycles. The fourth-order valence-corrected chi connectivity index (χ4v) is 2.24. The number of amides is 1. The maximum absolute atomic E-state index is 12.9. The van der Waals surface area contributed by atoms with Crippen molar-refractivity contribution in [3.05, 3.63) is 0 Å². The maximum Gasteiger partial charge on any atom is 0.307 e. The monoisotopic (exact) mass is 215 g/mol. The van der Waals surface area contributed by atoms with E-state index in [0.717, 1.165) is 0 Å². The van der Waals surface area contributed by atoms with Gasteiger partial charge < -0.3 is 10.0 Å². The fraction of sp³-hybridized carbons (Fsp3) is 0.800. The summed E-state index contributed by atoms with van der Waals surface area (Å²) in [7, 11) is 0. The molecule has 4 nitrogen and oxygen atoms in total. The number of nitrogens with zero attached hydrogens (tertiary/aromatic N) is 1. The molecule has 1 unspecified atom stereocenters. The van der Waals surface area contributed by atoms with E-state index in [9.17, 15) is 14.0 Å². The lowest BCUT2D eigenvalue weighted by Crippen LogP contribution is -2.45. The van der Waals surface area contributed by atoms with E-state index in [1.807, 2.05) is 0 Å². The van der Waals surface area contributed by atoms with E-state index >= 15 is 0 Å². The first-order valence-electron chi connectivity index (χ1n) is 5.25. The van der Waals surface area contributed by atoms with E-state index in [0.29, 0.717) is 25.8 Å². The van der Waals surface area contributed by atoms with Crippen LogP contribution in [0.3, 0.4) is 0 Å². The second-order valence-electron chi connectivity index (χ2n) is 4.30. The molecule has 0 spiro atoms. The number of carboxylic acid groups (broad SMARTS) is 1. The lowest BCUT2D eigenvalue weighted by Gasteiger charge is -2.34. The van der Waals surface area contributed by atoms with E-state index < -0.39 is 24.0 Å². The molecule has 1 saturated carbocycles. The molecular formula is C10H14FNO3. The fourth-order valence-electron chi connectivity index (χ4n) is 2.24. The molecule has 1 amide bonds. The Morgan fingerprint density at radius 1 is 1.20 bits per heavy atom. The quantitative estimate of drug-likeness (QED) is 0.736. The predicted molar refractivity (Wildman–Crippen MR) is 49.9 cm³/mol. The molecule has 0 aromatic heterocycles. The van der Waals surface area contributed by atoms with E-state index in [4.69, 9.17) is 5.11 Å². The molecule has 1 aliphatic carbocycles. The van der Waals surface area contributed by atoms with Crippen molar-refractivity contribution in [3.63, 3.8) is 0 Å². The van der Waals surface area contributed by atoms with Crippen LogP contribution in [0.2, 0.25) is 0 Å². The number of aliphatic carboxylic acids is 1. The van der Waals surface area contributed by atoms with E-state index in [-0.39, 0.29) is 12.5 Å². The second-order valence-corrected chi connectivity index (χ2v) is 4.30.